The Hall–Kier alpha value is -4.15. The van der Waals surface area contributed by atoms with Crippen molar-refractivity contribution < 1.29 is 39.0 Å². The quantitative estimate of drug-likeness (QED) is 0.127. The van der Waals surface area contributed by atoms with Crippen LogP contribution in [0.4, 0.5) is 5.95 Å². The van der Waals surface area contributed by atoms with Crippen LogP contribution >= 0.6 is 23.4 Å². The summed E-state index contributed by atoms with van der Waals surface area (Å²) in [5.41, 5.74) is 6.18. The first kappa shape index (κ1) is 36.0. The van der Waals surface area contributed by atoms with Gasteiger partial charge >= 0.3 is 11.9 Å². The molecule has 0 saturated heterocycles. The van der Waals surface area contributed by atoms with Crippen LogP contribution in [0.5, 0.6) is 0 Å². The Bertz CT molecular complexity index is 1410. The molecule has 0 unspecified atom stereocenters. The van der Waals surface area contributed by atoms with E-state index in [2.05, 4.69) is 31.2 Å². The zero-order chi connectivity index (χ0) is 33.2. The third-order valence-electron chi connectivity index (χ3n) is 5.93. The van der Waals surface area contributed by atoms with Crippen LogP contribution in [-0.4, -0.2) is 80.1 Å². The number of amides is 4. The Balaban J connectivity index is 2.09. The molecule has 0 bridgehead atoms. The first-order chi connectivity index (χ1) is 20.5. The van der Waals surface area contributed by atoms with Gasteiger partial charge in [-0.2, -0.15) is 0 Å². The topological polar surface area (TPSA) is 246 Å². The van der Waals surface area contributed by atoms with Crippen LogP contribution in [-0.2, 0) is 30.5 Å². The Morgan fingerprint density at radius 1 is 1.11 bits per heavy atom. The molecule has 9 N–H and O–H groups in total. The number of hydrogen-bond donors (Lipinski definition) is 8. The normalized spacial score (nSPS) is 12.5. The summed E-state index contributed by atoms with van der Waals surface area (Å²) in [5.74, 6) is -4.70. The second-order valence-electron chi connectivity index (χ2n) is 10.7. The predicted molar refractivity (Wildman–Crippen MR) is 162 cm³/mol. The summed E-state index contributed by atoms with van der Waals surface area (Å²) in [5, 5.41) is 28.4. The van der Waals surface area contributed by atoms with Crippen LogP contribution in [0.25, 0.3) is 0 Å². The molecular weight excluding hydrogens is 618 g/mol. The fraction of sp³-hybridized carbons (Fsp3) is 0.444. The van der Waals surface area contributed by atoms with Crippen LogP contribution in [0.2, 0.25) is 5.02 Å². The molecule has 0 saturated carbocycles. The summed E-state index contributed by atoms with van der Waals surface area (Å²) >= 11 is 7.30. The molecule has 2 rings (SSSR count). The molecule has 2 aromatic rings. The van der Waals surface area contributed by atoms with Crippen molar-refractivity contribution >= 4 is 64.9 Å². The van der Waals surface area contributed by atoms with Crippen molar-refractivity contribution in [3.8, 4) is 0 Å². The van der Waals surface area contributed by atoms with E-state index >= 15 is 0 Å². The average Bonchev–Trinajstić information content (AvgIpc) is 3.29. The number of aliphatic carboxylic acids is 2. The summed E-state index contributed by atoms with van der Waals surface area (Å²) in [7, 11) is 0. The molecular formula is C27H36ClN7O8S. The lowest BCUT2D eigenvalue weighted by Gasteiger charge is -2.18. The number of carboxylic acid groups (broad SMARTS) is 2. The number of benzene rings is 1. The van der Waals surface area contributed by atoms with Crippen molar-refractivity contribution in [2.24, 2.45) is 11.1 Å². The molecule has 1 aromatic carbocycles. The van der Waals surface area contributed by atoms with Gasteiger partial charge in [0, 0.05) is 29.8 Å². The standard InChI is InChI=1S/C27H36ClN7O8S/c1-13-23(44-12-18(22(40)30-11-20(37)38)33-19(36)8-7-17(29)24(41)42)35-26(32-13)34-21(39)15-9-14(5-6-16(15)28)10-31-25(43)27(2,3)4/h5-6,9,17-18H,7-8,10-12,29H2,1-4H3,(H,30,40)(H,31,43)(H,33,36)(H,37,38)(H,41,42)(H2,32,34,35,39)/t17-,18-/m0/s1. The highest BCUT2D eigenvalue weighted by Gasteiger charge is 2.24. The number of nitrogens with zero attached hydrogens (tertiary/aromatic N) is 1. The van der Waals surface area contributed by atoms with Gasteiger partial charge in [-0.3, -0.25) is 34.1 Å². The monoisotopic (exact) mass is 653 g/mol. The zero-order valence-electron chi connectivity index (χ0n) is 24.6. The van der Waals surface area contributed by atoms with Crippen molar-refractivity contribution in [1.29, 1.82) is 0 Å². The molecule has 0 aliphatic rings. The number of hydrogen-bond acceptors (Lipinski definition) is 9. The molecule has 17 heteroatoms. The molecule has 4 amide bonds. The van der Waals surface area contributed by atoms with Gasteiger partial charge in [-0.15, -0.1) is 11.8 Å². The molecule has 0 fully saturated rings. The molecule has 0 spiro atoms. The number of nitrogens with one attached hydrogen (secondary N) is 5. The minimum atomic E-state index is -1.28. The molecule has 44 heavy (non-hydrogen) atoms. The number of thioether (sulfide) groups is 1. The van der Waals surface area contributed by atoms with Gasteiger partial charge in [0.2, 0.25) is 23.7 Å². The van der Waals surface area contributed by atoms with E-state index in [1.165, 1.54) is 0 Å². The van der Waals surface area contributed by atoms with E-state index in [0.717, 1.165) is 11.8 Å². The first-order valence-electron chi connectivity index (χ1n) is 13.3. The lowest BCUT2D eigenvalue weighted by atomic mass is 9.95. The van der Waals surface area contributed by atoms with Crippen molar-refractivity contribution in [1.82, 2.24) is 25.9 Å². The highest BCUT2D eigenvalue weighted by molar-refractivity contribution is 7.99. The molecule has 1 heterocycles. The Labute approximate surface area is 262 Å². The lowest BCUT2D eigenvalue weighted by Crippen LogP contribution is -2.49. The van der Waals surface area contributed by atoms with E-state index < -0.39 is 53.7 Å². The number of rotatable bonds is 15. The number of aromatic nitrogens is 2. The highest BCUT2D eigenvalue weighted by Crippen LogP contribution is 2.24. The number of anilines is 1. The number of halogens is 1. The summed E-state index contributed by atoms with van der Waals surface area (Å²) in [6.45, 7) is 6.54. The van der Waals surface area contributed by atoms with E-state index in [1.54, 1.807) is 45.9 Å². The van der Waals surface area contributed by atoms with Gasteiger partial charge in [-0.1, -0.05) is 38.4 Å². The smallest absolute Gasteiger partial charge is 0.322 e. The molecule has 0 aliphatic carbocycles. The van der Waals surface area contributed by atoms with Crippen LogP contribution in [0.1, 0.15) is 55.2 Å². The maximum Gasteiger partial charge on any atom is 0.322 e. The number of aromatic amines is 1. The zero-order valence-corrected chi connectivity index (χ0v) is 26.1. The molecule has 2 atom stereocenters. The number of carbonyl (C=O) groups is 6. The maximum absolute atomic E-state index is 13.0. The molecule has 1 aromatic heterocycles. The van der Waals surface area contributed by atoms with E-state index in [9.17, 15) is 28.8 Å². The lowest BCUT2D eigenvalue weighted by molar-refractivity contribution is -0.139. The number of imidazole rings is 1. The first-order valence-corrected chi connectivity index (χ1v) is 14.7. The van der Waals surface area contributed by atoms with Crippen LogP contribution < -0.4 is 27.0 Å². The number of aryl methyl sites for hydroxylation is 1. The summed E-state index contributed by atoms with van der Waals surface area (Å²) < 4.78 is 0. The van der Waals surface area contributed by atoms with Crippen molar-refractivity contribution in [2.45, 2.75) is 64.2 Å². The second-order valence-corrected chi connectivity index (χ2v) is 12.2. The summed E-state index contributed by atoms with van der Waals surface area (Å²) in [6.07, 6.45) is -0.442. The van der Waals surface area contributed by atoms with Crippen LogP contribution in [0.15, 0.2) is 23.2 Å². The SMILES string of the molecule is Cc1[nH]c(NC(=O)c2cc(CNC(=O)C(C)(C)C)ccc2Cl)nc1SC[C@H](NC(=O)CC[C@H](N)C(=O)O)C(=O)NCC(=O)O. The Morgan fingerprint density at radius 2 is 1.80 bits per heavy atom. The number of carboxylic acids is 2. The Morgan fingerprint density at radius 3 is 2.41 bits per heavy atom. The van der Waals surface area contributed by atoms with Gasteiger partial charge < -0.3 is 36.9 Å². The van der Waals surface area contributed by atoms with Crippen molar-refractivity contribution in [3.63, 3.8) is 0 Å². The minimum absolute atomic E-state index is 0.0740. The summed E-state index contributed by atoms with van der Waals surface area (Å²) in [6, 6.07) is 2.33. The van der Waals surface area contributed by atoms with Gasteiger partial charge in [0.15, 0.2) is 0 Å². The van der Waals surface area contributed by atoms with E-state index in [1.807, 2.05) is 0 Å². The van der Waals surface area contributed by atoms with Gasteiger partial charge in [-0.25, -0.2) is 4.98 Å². The average molecular weight is 654 g/mol. The van der Waals surface area contributed by atoms with Crippen molar-refractivity contribution in [2.75, 3.05) is 17.6 Å². The third-order valence-corrected chi connectivity index (χ3v) is 7.43. The van der Waals surface area contributed by atoms with Crippen molar-refractivity contribution in [3.05, 3.63) is 40.0 Å². The van der Waals surface area contributed by atoms with E-state index in [0.29, 0.717) is 16.3 Å². The van der Waals surface area contributed by atoms with Gasteiger partial charge in [-0.05, 0) is 31.0 Å². The second kappa shape index (κ2) is 16.1. The van der Waals surface area contributed by atoms with Gasteiger partial charge in [0.05, 0.1) is 10.6 Å². The van der Waals surface area contributed by atoms with Gasteiger partial charge in [0.25, 0.3) is 5.91 Å². The largest absolute Gasteiger partial charge is 0.480 e. The van der Waals surface area contributed by atoms with Gasteiger partial charge in [0.1, 0.15) is 23.7 Å². The maximum atomic E-state index is 13.0. The number of carbonyl (C=O) groups excluding carboxylic acids is 4. The third kappa shape index (κ3) is 11.5. The van der Waals surface area contributed by atoms with E-state index in [-0.39, 0.29) is 47.6 Å². The predicted octanol–water partition coefficient (Wildman–Crippen LogP) is 1.26. The van der Waals surface area contributed by atoms with E-state index in [4.69, 9.17) is 27.5 Å². The highest BCUT2D eigenvalue weighted by atomic mass is 35.5. The molecule has 0 radical (unpaired) electrons. The van der Waals surface area contributed by atoms with Crippen LogP contribution in [0, 0.1) is 12.3 Å². The Kier molecular flexibility index (Phi) is 13.2. The number of nitrogens with two attached hydrogens (primary N) is 1. The number of H-pyrrole nitrogens is 1. The fourth-order valence-corrected chi connectivity index (χ4v) is 4.62. The summed E-state index contributed by atoms with van der Waals surface area (Å²) in [4.78, 5) is 79.2. The molecule has 0 aliphatic heterocycles. The molecule has 240 valence electrons. The molecule has 15 nitrogen and oxygen atoms in total. The van der Waals surface area contributed by atoms with Crippen LogP contribution in [0.3, 0.4) is 0 Å². The minimum Gasteiger partial charge on any atom is -0.480 e. The fourth-order valence-electron chi connectivity index (χ4n) is 3.43.